The molecule has 0 unspecified atom stereocenters. The predicted molar refractivity (Wildman–Crippen MR) is 107 cm³/mol. The Kier molecular flexibility index (Phi) is 6.31. The summed E-state index contributed by atoms with van der Waals surface area (Å²) in [5.41, 5.74) is 7.10. The van der Waals surface area contributed by atoms with E-state index >= 15 is 0 Å². The van der Waals surface area contributed by atoms with Crippen LogP contribution < -0.4 is 10.9 Å². The fourth-order valence-electron chi connectivity index (χ4n) is 3.10. The third kappa shape index (κ3) is 5.00. The van der Waals surface area contributed by atoms with Crippen LogP contribution in [0.3, 0.4) is 0 Å². The molecule has 2 amide bonds. The summed E-state index contributed by atoms with van der Waals surface area (Å²) < 4.78 is 32.0. The summed E-state index contributed by atoms with van der Waals surface area (Å²) in [6, 6.07) is 11.1. The van der Waals surface area contributed by atoms with Gasteiger partial charge in [-0.15, -0.1) is 0 Å². The molecule has 0 radical (unpaired) electrons. The van der Waals surface area contributed by atoms with E-state index in [0.29, 0.717) is 18.8 Å². The second-order valence-electron chi connectivity index (χ2n) is 6.83. The van der Waals surface area contributed by atoms with Gasteiger partial charge < -0.3 is 4.74 Å². The Morgan fingerprint density at radius 1 is 0.897 bits per heavy atom. The minimum absolute atomic E-state index is 0.0210. The van der Waals surface area contributed by atoms with E-state index in [1.807, 2.05) is 19.9 Å². The van der Waals surface area contributed by atoms with Gasteiger partial charge in [0.1, 0.15) is 0 Å². The number of ether oxygens (including phenoxy) is 1. The number of sulfonamides is 1. The molecule has 1 saturated heterocycles. The van der Waals surface area contributed by atoms with Gasteiger partial charge in [-0.1, -0.05) is 23.3 Å². The zero-order valence-corrected chi connectivity index (χ0v) is 17.1. The lowest BCUT2D eigenvalue weighted by molar-refractivity contribution is 0.0730. The number of rotatable bonds is 4. The summed E-state index contributed by atoms with van der Waals surface area (Å²) in [5, 5.41) is 0. The van der Waals surface area contributed by atoms with Crippen molar-refractivity contribution in [3.8, 4) is 0 Å². The monoisotopic (exact) mass is 417 g/mol. The molecule has 0 saturated carbocycles. The second kappa shape index (κ2) is 8.73. The number of carbonyl (C=O) groups excluding carboxylic acids is 2. The molecule has 1 aliphatic heterocycles. The number of hydrogen-bond donors (Lipinski definition) is 2. The molecule has 0 spiro atoms. The van der Waals surface area contributed by atoms with Gasteiger partial charge in [0.05, 0.1) is 18.1 Å². The van der Waals surface area contributed by atoms with Crippen molar-refractivity contribution in [3.05, 3.63) is 64.7 Å². The van der Waals surface area contributed by atoms with Crippen molar-refractivity contribution in [2.45, 2.75) is 18.7 Å². The van der Waals surface area contributed by atoms with Crippen LogP contribution in [0.15, 0.2) is 47.4 Å². The Bertz CT molecular complexity index is 1010. The highest BCUT2D eigenvalue weighted by Crippen LogP contribution is 2.18. The summed E-state index contributed by atoms with van der Waals surface area (Å²) in [5.74, 6) is -1.07. The molecule has 154 valence electrons. The summed E-state index contributed by atoms with van der Waals surface area (Å²) in [7, 11) is -3.72. The molecule has 1 aliphatic rings. The molecule has 0 atom stereocenters. The smallest absolute Gasteiger partial charge is 0.269 e. The van der Waals surface area contributed by atoms with Gasteiger partial charge in [-0.25, -0.2) is 8.42 Å². The van der Waals surface area contributed by atoms with Crippen LogP contribution in [-0.2, 0) is 14.8 Å². The van der Waals surface area contributed by atoms with Gasteiger partial charge in [0, 0.05) is 24.2 Å². The topological polar surface area (TPSA) is 105 Å². The highest BCUT2D eigenvalue weighted by atomic mass is 32.2. The van der Waals surface area contributed by atoms with E-state index in [-0.39, 0.29) is 23.5 Å². The molecule has 0 bridgehead atoms. The first-order chi connectivity index (χ1) is 13.8. The maximum atomic E-state index is 12.7. The van der Waals surface area contributed by atoms with E-state index in [1.54, 1.807) is 12.1 Å². The van der Waals surface area contributed by atoms with Crippen LogP contribution in [0.2, 0.25) is 0 Å². The molecule has 0 aromatic heterocycles. The van der Waals surface area contributed by atoms with Crippen LogP contribution in [0, 0.1) is 13.8 Å². The minimum Gasteiger partial charge on any atom is -0.379 e. The maximum Gasteiger partial charge on any atom is 0.269 e. The fourth-order valence-corrected chi connectivity index (χ4v) is 4.55. The van der Waals surface area contributed by atoms with Crippen molar-refractivity contribution in [2.24, 2.45) is 0 Å². The largest absolute Gasteiger partial charge is 0.379 e. The molecule has 8 nitrogen and oxygen atoms in total. The molecule has 1 fully saturated rings. The normalized spacial score (nSPS) is 15.0. The maximum absolute atomic E-state index is 12.7. The van der Waals surface area contributed by atoms with Crippen LogP contribution in [0.25, 0.3) is 0 Å². The Balaban J connectivity index is 1.70. The number of hydrogen-bond acceptors (Lipinski definition) is 5. The summed E-state index contributed by atoms with van der Waals surface area (Å²) >= 11 is 0. The first kappa shape index (κ1) is 21.0. The van der Waals surface area contributed by atoms with Gasteiger partial charge in [0.2, 0.25) is 10.0 Å². The highest BCUT2D eigenvalue weighted by Gasteiger charge is 2.26. The van der Waals surface area contributed by atoms with Crippen molar-refractivity contribution < 1.29 is 22.7 Å². The molecule has 3 rings (SSSR count). The van der Waals surface area contributed by atoms with Crippen LogP contribution in [0.4, 0.5) is 0 Å². The average Bonchev–Trinajstić information content (AvgIpc) is 2.71. The molecule has 2 N–H and O–H groups in total. The van der Waals surface area contributed by atoms with E-state index in [9.17, 15) is 18.0 Å². The third-order valence-electron chi connectivity index (χ3n) is 4.48. The van der Waals surface area contributed by atoms with E-state index in [4.69, 9.17) is 4.74 Å². The van der Waals surface area contributed by atoms with Gasteiger partial charge in [-0.05, 0) is 44.2 Å². The average molecular weight is 417 g/mol. The summed E-state index contributed by atoms with van der Waals surface area (Å²) in [6.45, 7) is 4.97. The third-order valence-corrected chi connectivity index (χ3v) is 6.37. The quantitative estimate of drug-likeness (QED) is 0.732. The molecule has 2 aromatic rings. The highest BCUT2D eigenvalue weighted by molar-refractivity contribution is 7.89. The Labute approximate surface area is 169 Å². The zero-order chi connectivity index (χ0) is 21.0. The number of morpholine rings is 1. The minimum atomic E-state index is -3.72. The molecule has 9 heteroatoms. The van der Waals surface area contributed by atoms with Crippen molar-refractivity contribution in [2.75, 3.05) is 26.3 Å². The molecule has 0 aliphatic carbocycles. The van der Waals surface area contributed by atoms with Crippen molar-refractivity contribution in [1.29, 1.82) is 0 Å². The van der Waals surface area contributed by atoms with Crippen molar-refractivity contribution >= 4 is 21.8 Å². The first-order valence-corrected chi connectivity index (χ1v) is 10.6. The number of carbonyl (C=O) groups is 2. The van der Waals surface area contributed by atoms with Gasteiger partial charge in [0.15, 0.2) is 0 Å². The van der Waals surface area contributed by atoms with E-state index in [1.165, 1.54) is 28.6 Å². The Hall–Kier alpha value is -2.75. The van der Waals surface area contributed by atoms with Crippen LogP contribution in [0.5, 0.6) is 0 Å². The van der Waals surface area contributed by atoms with Crippen LogP contribution >= 0.6 is 0 Å². The fraction of sp³-hybridized carbons (Fsp3) is 0.300. The van der Waals surface area contributed by atoms with E-state index in [0.717, 1.165) is 11.1 Å². The Morgan fingerprint density at radius 3 is 2.10 bits per heavy atom. The number of hydrazine groups is 1. The van der Waals surface area contributed by atoms with Crippen LogP contribution in [0.1, 0.15) is 31.8 Å². The number of aryl methyl sites for hydroxylation is 2. The summed E-state index contributed by atoms with van der Waals surface area (Å²) in [6.07, 6.45) is 0. The summed E-state index contributed by atoms with van der Waals surface area (Å²) in [4.78, 5) is 24.7. The standard InChI is InChI=1S/C20H23N3O5S/c1-14-10-15(2)12-17(11-14)20(25)22-21-19(24)16-4-3-5-18(13-16)29(26,27)23-6-8-28-9-7-23/h3-5,10-13H,6-9H2,1-2H3,(H,21,24)(H,22,25). The first-order valence-electron chi connectivity index (χ1n) is 9.14. The van der Waals surface area contributed by atoms with E-state index < -0.39 is 21.8 Å². The second-order valence-corrected chi connectivity index (χ2v) is 8.77. The van der Waals surface area contributed by atoms with Crippen molar-refractivity contribution in [1.82, 2.24) is 15.2 Å². The zero-order valence-electron chi connectivity index (χ0n) is 16.3. The molecule has 2 aromatic carbocycles. The molecule has 1 heterocycles. The SMILES string of the molecule is Cc1cc(C)cc(C(=O)NNC(=O)c2cccc(S(=O)(=O)N3CCOCC3)c2)c1. The van der Waals surface area contributed by atoms with Gasteiger partial charge in [-0.3, -0.25) is 20.4 Å². The van der Waals surface area contributed by atoms with E-state index in [2.05, 4.69) is 10.9 Å². The van der Waals surface area contributed by atoms with Gasteiger partial charge in [0.25, 0.3) is 11.8 Å². The number of nitrogens with zero attached hydrogens (tertiary/aromatic N) is 1. The van der Waals surface area contributed by atoms with Crippen LogP contribution in [-0.4, -0.2) is 50.8 Å². The number of benzene rings is 2. The number of amides is 2. The number of nitrogens with one attached hydrogen (secondary N) is 2. The molecular weight excluding hydrogens is 394 g/mol. The molecule has 29 heavy (non-hydrogen) atoms. The lowest BCUT2D eigenvalue weighted by Crippen LogP contribution is -2.42. The van der Waals surface area contributed by atoms with Gasteiger partial charge >= 0.3 is 0 Å². The lowest BCUT2D eigenvalue weighted by Gasteiger charge is -2.26. The predicted octanol–water partition coefficient (Wildman–Crippen LogP) is 1.40. The molecular formula is C20H23N3O5S. The van der Waals surface area contributed by atoms with Crippen molar-refractivity contribution in [3.63, 3.8) is 0 Å². The van der Waals surface area contributed by atoms with Gasteiger partial charge in [-0.2, -0.15) is 4.31 Å². The Morgan fingerprint density at radius 2 is 1.48 bits per heavy atom. The lowest BCUT2D eigenvalue weighted by atomic mass is 10.1.